The maximum absolute atomic E-state index is 12.9. The van der Waals surface area contributed by atoms with Crippen LogP contribution in [-0.4, -0.2) is 23.4 Å². The molecule has 158 valence electrons. The van der Waals surface area contributed by atoms with Crippen molar-refractivity contribution in [1.29, 1.82) is 0 Å². The van der Waals surface area contributed by atoms with Gasteiger partial charge in [-0.15, -0.1) is 0 Å². The van der Waals surface area contributed by atoms with Crippen molar-refractivity contribution >= 4 is 31.5 Å². The lowest BCUT2D eigenvalue weighted by Gasteiger charge is -2.12. The van der Waals surface area contributed by atoms with Gasteiger partial charge in [0.25, 0.3) is 0 Å². The molecule has 5 nitrogen and oxygen atoms in total. The summed E-state index contributed by atoms with van der Waals surface area (Å²) in [5.41, 5.74) is 2.30. The molecule has 0 aliphatic heterocycles. The SMILES string of the molecule is Cc1ccc(S(=O)(=O)c2ccc(C)c(S(=O)(=O)NCCc3cccc(Cl)c3)c2)cc1. The van der Waals surface area contributed by atoms with Gasteiger partial charge in [-0.25, -0.2) is 21.6 Å². The van der Waals surface area contributed by atoms with Crippen LogP contribution in [0.2, 0.25) is 5.02 Å². The highest BCUT2D eigenvalue weighted by molar-refractivity contribution is 7.91. The molecule has 0 aliphatic rings. The number of benzene rings is 3. The quantitative estimate of drug-likeness (QED) is 0.566. The van der Waals surface area contributed by atoms with E-state index in [2.05, 4.69) is 4.72 Å². The van der Waals surface area contributed by atoms with Crippen molar-refractivity contribution in [2.45, 2.75) is 35.0 Å². The fourth-order valence-corrected chi connectivity index (χ4v) is 5.87. The molecule has 0 saturated heterocycles. The Hall–Kier alpha value is -2.19. The summed E-state index contributed by atoms with van der Waals surface area (Å²) in [5.74, 6) is 0. The molecule has 3 aromatic rings. The van der Waals surface area contributed by atoms with Crippen LogP contribution in [-0.2, 0) is 26.3 Å². The van der Waals surface area contributed by atoms with E-state index >= 15 is 0 Å². The van der Waals surface area contributed by atoms with Crippen molar-refractivity contribution in [3.05, 3.63) is 88.4 Å². The van der Waals surface area contributed by atoms with E-state index in [9.17, 15) is 16.8 Å². The van der Waals surface area contributed by atoms with Crippen LogP contribution in [0.3, 0.4) is 0 Å². The number of hydrogen-bond donors (Lipinski definition) is 1. The molecular formula is C22H22ClNO4S2. The van der Waals surface area contributed by atoms with Gasteiger partial charge in [-0.1, -0.05) is 47.5 Å². The lowest BCUT2D eigenvalue weighted by atomic mass is 10.2. The summed E-state index contributed by atoms with van der Waals surface area (Å²) in [6.45, 7) is 3.66. The number of sulfone groups is 1. The molecule has 8 heteroatoms. The summed E-state index contributed by atoms with van der Waals surface area (Å²) in [6.07, 6.45) is 0.459. The average molecular weight is 464 g/mol. The zero-order valence-corrected chi connectivity index (χ0v) is 19.0. The predicted molar refractivity (Wildman–Crippen MR) is 118 cm³/mol. The summed E-state index contributed by atoms with van der Waals surface area (Å²) >= 11 is 5.95. The van der Waals surface area contributed by atoms with Gasteiger partial charge in [0.1, 0.15) is 0 Å². The van der Waals surface area contributed by atoms with Crippen molar-refractivity contribution in [2.75, 3.05) is 6.54 Å². The molecule has 0 heterocycles. The molecule has 0 amide bonds. The van der Waals surface area contributed by atoms with E-state index in [0.29, 0.717) is 17.0 Å². The number of halogens is 1. The first-order valence-corrected chi connectivity index (χ1v) is 12.6. The van der Waals surface area contributed by atoms with E-state index in [4.69, 9.17) is 11.6 Å². The van der Waals surface area contributed by atoms with Gasteiger partial charge in [-0.3, -0.25) is 0 Å². The van der Waals surface area contributed by atoms with Gasteiger partial charge < -0.3 is 0 Å². The molecule has 0 atom stereocenters. The van der Waals surface area contributed by atoms with E-state index < -0.39 is 19.9 Å². The summed E-state index contributed by atoms with van der Waals surface area (Å²) in [6, 6.07) is 17.8. The molecule has 0 radical (unpaired) electrons. The molecule has 3 rings (SSSR count). The zero-order valence-electron chi connectivity index (χ0n) is 16.6. The van der Waals surface area contributed by atoms with Gasteiger partial charge in [0.15, 0.2) is 0 Å². The Morgan fingerprint density at radius 2 is 1.50 bits per heavy atom. The van der Waals surface area contributed by atoms with Gasteiger partial charge in [0, 0.05) is 11.6 Å². The van der Waals surface area contributed by atoms with Crippen LogP contribution in [0.15, 0.2) is 81.4 Å². The molecule has 0 saturated carbocycles. The van der Waals surface area contributed by atoms with Crippen LogP contribution >= 0.6 is 11.6 Å². The number of sulfonamides is 1. The van der Waals surface area contributed by atoms with E-state index in [1.807, 2.05) is 13.0 Å². The monoisotopic (exact) mass is 463 g/mol. The minimum absolute atomic E-state index is 0.0539. The minimum Gasteiger partial charge on any atom is -0.219 e. The van der Waals surface area contributed by atoms with Crippen molar-refractivity contribution in [3.8, 4) is 0 Å². The lowest BCUT2D eigenvalue weighted by Crippen LogP contribution is -2.27. The van der Waals surface area contributed by atoms with Crippen LogP contribution in [0.1, 0.15) is 16.7 Å². The third kappa shape index (κ3) is 5.10. The van der Waals surface area contributed by atoms with Crippen molar-refractivity contribution < 1.29 is 16.8 Å². The zero-order chi connectivity index (χ0) is 21.9. The lowest BCUT2D eigenvalue weighted by molar-refractivity contribution is 0.580. The molecule has 0 aromatic heterocycles. The second-order valence-electron chi connectivity index (χ2n) is 7.02. The van der Waals surface area contributed by atoms with E-state index in [0.717, 1.165) is 11.1 Å². The highest BCUT2D eigenvalue weighted by Crippen LogP contribution is 2.25. The van der Waals surface area contributed by atoms with Gasteiger partial charge in [-0.2, -0.15) is 0 Å². The Morgan fingerprint density at radius 1 is 0.833 bits per heavy atom. The van der Waals surface area contributed by atoms with Gasteiger partial charge in [0.2, 0.25) is 19.9 Å². The fourth-order valence-electron chi connectivity index (χ4n) is 2.99. The van der Waals surface area contributed by atoms with Gasteiger partial charge in [-0.05, 0) is 67.8 Å². The Kier molecular flexibility index (Phi) is 6.67. The van der Waals surface area contributed by atoms with Crippen molar-refractivity contribution in [3.63, 3.8) is 0 Å². The topological polar surface area (TPSA) is 80.3 Å². The fraction of sp³-hybridized carbons (Fsp3) is 0.182. The average Bonchev–Trinajstić information content (AvgIpc) is 2.68. The smallest absolute Gasteiger partial charge is 0.219 e. The summed E-state index contributed by atoms with van der Waals surface area (Å²) in [7, 11) is -7.72. The van der Waals surface area contributed by atoms with E-state index in [1.165, 1.54) is 30.3 Å². The molecule has 1 N–H and O–H groups in total. The Bertz CT molecular complexity index is 1270. The molecule has 0 fully saturated rings. The first-order chi connectivity index (χ1) is 14.1. The molecule has 0 bridgehead atoms. The molecule has 30 heavy (non-hydrogen) atoms. The van der Waals surface area contributed by atoms with Gasteiger partial charge >= 0.3 is 0 Å². The van der Waals surface area contributed by atoms with Crippen LogP contribution in [0.25, 0.3) is 0 Å². The van der Waals surface area contributed by atoms with Crippen molar-refractivity contribution in [1.82, 2.24) is 4.72 Å². The van der Waals surface area contributed by atoms with Crippen LogP contribution < -0.4 is 4.72 Å². The third-order valence-electron chi connectivity index (χ3n) is 4.69. The number of rotatable bonds is 7. The van der Waals surface area contributed by atoms with Gasteiger partial charge in [0.05, 0.1) is 14.7 Å². The van der Waals surface area contributed by atoms with E-state index in [1.54, 1.807) is 37.3 Å². The van der Waals surface area contributed by atoms with Crippen molar-refractivity contribution in [2.24, 2.45) is 0 Å². The molecular weight excluding hydrogens is 442 g/mol. The maximum atomic E-state index is 12.9. The number of aryl methyl sites for hydroxylation is 2. The Balaban J connectivity index is 1.85. The standard InChI is InChI=1S/C22H22ClNO4S2/c1-16-6-9-20(10-7-16)29(25,26)21-11-8-17(2)22(15-21)30(27,28)24-13-12-18-4-3-5-19(23)14-18/h3-11,14-15,24H,12-13H2,1-2H3. The largest absolute Gasteiger partial charge is 0.240 e. The second-order valence-corrected chi connectivity index (χ2v) is 11.1. The highest BCUT2D eigenvalue weighted by atomic mass is 35.5. The third-order valence-corrected chi connectivity index (χ3v) is 8.29. The molecule has 0 aliphatic carbocycles. The molecule has 0 spiro atoms. The Labute approximate surface area is 182 Å². The summed E-state index contributed by atoms with van der Waals surface area (Å²) < 4.78 is 54.1. The summed E-state index contributed by atoms with van der Waals surface area (Å²) in [5, 5.41) is 0.584. The number of hydrogen-bond acceptors (Lipinski definition) is 4. The second kappa shape index (κ2) is 8.89. The summed E-state index contributed by atoms with van der Waals surface area (Å²) in [4.78, 5) is 0.00293. The first-order valence-electron chi connectivity index (χ1n) is 9.26. The minimum atomic E-state index is -3.89. The van der Waals surface area contributed by atoms with E-state index in [-0.39, 0.29) is 21.2 Å². The van der Waals surface area contributed by atoms with Crippen LogP contribution in [0.4, 0.5) is 0 Å². The highest BCUT2D eigenvalue weighted by Gasteiger charge is 2.23. The Morgan fingerprint density at radius 3 is 2.17 bits per heavy atom. The predicted octanol–water partition coefficient (Wildman–Crippen LogP) is 4.31. The maximum Gasteiger partial charge on any atom is 0.240 e. The molecule has 0 unspecified atom stereocenters. The normalized spacial score (nSPS) is 12.1. The first kappa shape index (κ1) is 22.5. The molecule has 3 aromatic carbocycles. The number of nitrogens with one attached hydrogen (secondary N) is 1. The van der Waals surface area contributed by atoms with Crippen LogP contribution in [0, 0.1) is 13.8 Å². The van der Waals surface area contributed by atoms with Crippen LogP contribution in [0.5, 0.6) is 0 Å².